The van der Waals surface area contributed by atoms with Crippen molar-refractivity contribution in [2.75, 3.05) is 19.4 Å². The lowest BCUT2D eigenvalue weighted by Crippen LogP contribution is -2.36. The first-order valence-corrected chi connectivity index (χ1v) is 12.1. The molecule has 180 valence electrons. The molecule has 0 aliphatic heterocycles. The minimum atomic E-state index is -0.239. The molecule has 3 N–H and O–H groups in total. The monoisotopic (exact) mass is 472 g/mol. The second-order valence-electron chi connectivity index (χ2n) is 9.72. The minimum absolute atomic E-state index is 0.167. The number of benzene rings is 1. The highest BCUT2D eigenvalue weighted by atomic mass is 35.5. The fraction of sp³-hybridized carbons (Fsp3) is 0.538. The molecule has 1 aliphatic rings. The predicted molar refractivity (Wildman–Crippen MR) is 136 cm³/mol. The average Bonchev–Trinajstić information content (AvgIpc) is 2.75. The number of carbonyl (C=O) groups excluding carboxylic acids is 1. The summed E-state index contributed by atoms with van der Waals surface area (Å²) < 4.78 is 0. The number of nitrogens with zero attached hydrogens (tertiary/aromatic N) is 1. The summed E-state index contributed by atoms with van der Waals surface area (Å²) in [5.74, 6) is 0.352. The third kappa shape index (κ3) is 6.18. The van der Waals surface area contributed by atoms with E-state index in [1.54, 1.807) is 6.07 Å². The van der Waals surface area contributed by atoms with E-state index in [0.29, 0.717) is 28.1 Å². The van der Waals surface area contributed by atoms with E-state index in [1.165, 1.54) is 25.7 Å². The van der Waals surface area contributed by atoms with E-state index in [-0.39, 0.29) is 24.1 Å². The van der Waals surface area contributed by atoms with Gasteiger partial charge in [-0.25, -0.2) is 0 Å². The van der Waals surface area contributed by atoms with Gasteiger partial charge in [0.2, 0.25) is 0 Å². The molecular formula is C26H37ClN4O2. The van der Waals surface area contributed by atoms with Gasteiger partial charge in [0.1, 0.15) is 0 Å². The van der Waals surface area contributed by atoms with Crippen molar-refractivity contribution in [3.63, 3.8) is 0 Å². The molecule has 1 unspecified atom stereocenters. The van der Waals surface area contributed by atoms with Crippen molar-refractivity contribution >= 4 is 23.2 Å². The van der Waals surface area contributed by atoms with Gasteiger partial charge in [0, 0.05) is 46.2 Å². The number of aromatic amines is 1. The Morgan fingerprint density at radius 3 is 2.42 bits per heavy atom. The van der Waals surface area contributed by atoms with Gasteiger partial charge in [0.25, 0.3) is 11.5 Å². The number of anilines is 1. The van der Waals surface area contributed by atoms with Crippen LogP contribution in [0.4, 0.5) is 5.69 Å². The van der Waals surface area contributed by atoms with Gasteiger partial charge < -0.3 is 20.5 Å². The summed E-state index contributed by atoms with van der Waals surface area (Å²) in [5.41, 5.74) is 4.33. The van der Waals surface area contributed by atoms with E-state index >= 15 is 0 Å². The van der Waals surface area contributed by atoms with E-state index in [2.05, 4.69) is 41.5 Å². The molecule has 2 aromatic rings. The number of nitrogens with one attached hydrogen (secondary N) is 3. The average molecular weight is 473 g/mol. The van der Waals surface area contributed by atoms with Gasteiger partial charge in [-0.05, 0) is 103 Å². The number of pyridine rings is 1. The summed E-state index contributed by atoms with van der Waals surface area (Å²) in [6, 6.07) is 6.44. The van der Waals surface area contributed by atoms with Crippen LogP contribution in [-0.2, 0) is 6.54 Å². The molecule has 1 aromatic heterocycles. The Morgan fingerprint density at radius 1 is 1.15 bits per heavy atom. The van der Waals surface area contributed by atoms with E-state index in [9.17, 15) is 9.59 Å². The zero-order chi connectivity index (χ0) is 24.3. The van der Waals surface area contributed by atoms with Gasteiger partial charge in [0.05, 0.1) is 0 Å². The lowest BCUT2D eigenvalue weighted by molar-refractivity contribution is 0.0950. The summed E-state index contributed by atoms with van der Waals surface area (Å²) in [5, 5.41) is 7.03. The van der Waals surface area contributed by atoms with Crippen LogP contribution in [0.2, 0.25) is 5.02 Å². The van der Waals surface area contributed by atoms with Crippen LogP contribution in [0, 0.1) is 26.7 Å². The zero-order valence-electron chi connectivity index (χ0n) is 20.6. The lowest BCUT2D eigenvalue weighted by Gasteiger charge is -2.36. The minimum Gasteiger partial charge on any atom is -0.382 e. The maximum Gasteiger partial charge on any atom is 0.253 e. The molecule has 3 rings (SSSR count). The Hall–Kier alpha value is -2.31. The third-order valence-electron chi connectivity index (χ3n) is 7.10. The SMILES string of the molecule is Cc1cc(C)c(CNC(=O)c2cc(Cl)cc(NC(C)[C@H]3CC[C@H](N(C)C)CC3)c2C)c(=O)[nH]1. The van der Waals surface area contributed by atoms with Crippen molar-refractivity contribution in [3.8, 4) is 0 Å². The number of amides is 1. The Morgan fingerprint density at radius 2 is 1.82 bits per heavy atom. The molecule has 1 saturated carbocycles. The number of carbonyl (C=O) groups is 1. The zero-order valence-corrected chi connectivity index (χ0v) is 21.4. The summed E-state index contributed by atoms with van der Waals surface area (Å²) in [6.45, 7) is 8.04. The van der Waals surface area contributed by atoms with Crippen LogP contribution in [0.5, 0.6) is 0 Å². The van der Waals surface area contributed by atoms with Gasteiger partial charge in [-0.3, -0.25) is 9.59 Å². The topological polar surface area (TPSA) is 77.2 Å². The molecule has 0 radical (unpaired) electrons. The maximum atomic E-state index is 13.0. The van der Waals surface area contributed by atoms with Crippen molar-refractivity contribution in [1.29, 1.82) is 0 Å². The molecule has 0 saturated heterocycles. The van der Waals surface area contributed by atoms with Gasteiger partial charge in [-0.1, -0.05) is 11.6 Å². The first kappa shape index (κ1) is 25.3. The summed E-state index contributed by atoms with van der Waals surface area (Å²) in [6.07, 6.45) is 4.80. The summed E-state index contributed by atoms with van der Waals surface area (Å²) in [7, 11) is 4.32. The molecule has 33 heavy (non-hydrogen) atoms. The molecule has 6 nitrogen and oxygen atoms in total. The second kappa shape index (κ2) is 10.7. The van der Waals surface area contributed by atoms with Crippen molar-refractivity contribution in [3.05, 3.63) is 61.5 Å². The Balaban J connectivity index is 1.70. The van der Waals surface area contributed by atoms with Gasteiger partial charge >= 0.3 is 0 Å². The Labute approximate surface area is 202 Å². The number of aryl methyl sites for hydroxylation is 2. The highest BCUT2D eigenvalue weighted by molar-refractivity contribution is 6.31. The highest BCUT2D eigenvalue weighted by Crippen LogP contribution is 2.32. The standard InChI is InChI=1S/C26H37ClN4O2/c1-15-11-16(2)29-26(33)23(15)14-28-25(32)22-12-20(27)13-24(17(22)3)30-18(4)19-7-9-21(10-8-19)31(5)6/h11-13,18-19,21,30H,7-10,14H2,1-6H3,(H,28,32)(H,29,33)/t18?,19-,21-. The molecule has 1 aromatic carbocycles. The molecule has 1 aliphatic carbocycles. The van der Waals surface area contributed by atoms with E-state index in [4.69, 9.17) is 11.6 Å². The molecule has 0 bridgehead atoms. The molecular weight excluding hydrogens is 436 g/mol. The lowest BCUT2D eigenvalue weighted by atomic mass is 9.81. The summed E-state index contributed by atoms with van der Waals surface area (Å²) >= 11 is 6.39. The molecule has 1 atom stereocenters. The highest BCUT2D eigenvalue weighted by Gasteiger charge is 2.27. The van der Waals surface area contributed by atoms with Crippen LogP contribution in [-0.4, -0.2) is 42.0 Å². The van der Waals surface area contributed by atoms with Crippen molar-refractivity contribution < 1.29 is 4.79 Å². The number of hydrogen-bond donors (Lipinski definition) is 3. The maximum absolute atomic E-state index is 13.0. The smallest absolute Gasteiger partial charge is 0.253 e. The number of hydrogen-bond acceptors (Lipinski definition) is 4. The quantitative estimate of drug-likeness (QED) is 0.540. The van der Waals surface area contributed by atoms with E-state index in [0.717, 1.165) is 22.5 Å². The van der Waals surface area contributed by atoms with Crippen LogP contribution < -0.4 is 16.2 Å². The fourth-order valence-corrected chi connectivity index (χ4v) is 5.13. The molecule has 0 spiro atoms. The molecule has 1 amide bonds. The molecule has 1 fully saturated rings. The number of rotatable bonds is 7. The molecule has 7 heteroatoms. The fourth-order valence-electron chi connectivity index (χ4n) is 4.91. The summed E-state index contributed by atoms with van der Waals surface area (Å²) in [4.78, 5) is 30.4. The van der Waals surface area contributed by atoms with Gasteiger partial charge in [0.15, 0.2) is 0 Å². The van der Waals surface area contributed by atoms with E-state index < -0.39 is 0 Å². The van der Waals surface area contributed by atoms with Crippen LogP contribution in [0.25, 0.3) is 0 Å². The van der Waals surface area contributed by atoms with Gasteiger partial charge in [-0.2, -0.15) is 0 Å². The van der Waals surface area contributed by atoms with Crippen LogP contribution in [0.3, 0.4) is 0 Å². The van der Waals surface area contributed by atoms with Gasteiger partial charge in [-0.15, -0.1) is 0 Å². The van der Waals surface area contributed by atoms with Crippen molar-refractivity contribution in [1.82, 2.24) is 15.2 Å². The van der Waals surface area contributed by atoms with Crippen molar-refractivity contribution in [2.45, 2.75) is 72.0 Å². The van der Waals surface area contributed by atoms with Crippen LogP contribution in [0.1, 0.15) is 65.3 Å². The Kier molecular flexibility index (Phi) is 8.24. The second-order valence-corrected chi connectivity index (χ2v) is 10.2. The van der Waals surface area contributed by atoms with Crippen molar-refractivity contribution in [2.24, 2.45) is 5.92 Å². The predicted octanol–water partition coefficient (Wildman–Crippen LogP) is 4.80. The van der Waals surface area contributed by atoms with E-state index in [1.807, 2.05) is 32.9 Å². The number of H-pyrrole nitrogens is 1. The van der Waals surface area contributed by atoms with Crippen LogP contribution >= 0.6 is 11.6 Å². The number of aromatic nitrogens is 1. The first-order chi connectivity index (χ1) is 15.6. The molecule has 1 heterocycles. The largest absolute Gasteiger partial charge is 0.382 e. The normalized spacial score (nSPS) is 19.4. The Bertz CT molecular complexity index is 1050. The van der Waals surface area contributed by atoms with Crippen LogP contribution in [0.15, 0.2) is 23.0 Å². The first-order valence-electron chi connectivity index (χ1n) is 11.8. The number of halogens is 1. The third-order valence-corrected chi connectivity index (χ3v) is 7.32.